The molecule has 2 aliphatic heterocycles. The number of benzene rings is 1. The molecule has 204 valence electrons. The number of hydrogen-bond donors (Lipinski definition) is 1. The minimum absolute atomic E-state index is 0.0939. The molecule has 1 N–H and O–H groups in total. The number of carbonyl (C=O) groups is 3. The van der Waals surface area contributed by atoms with Gasteiger partial charge in [-0.3, -0.25) is 9.59 Å². The quantitative estimate of drug-likeness (QED) is 0.347. The number of carbonyl (C=O) groups excluding carboxylic acids is 3. The topological polar surface area (TPSA) is 99.1 Å². The van der Waals surface area contributed by atoms with Gasteiger partial charge < -0.3 is 19.3 Å². The van der Waals surface area contributed by atoms with E-state index in [-0.39, 0.29) is 23.2 Å². The van der Waals surface area contributed by atoms with Crippen molar-refractivity contribution < 1.29 is 46.9 Å². The van der Waals surface area contributed by atoms with E-state index in [1.165, 1.54) is 0 Å². The summed E-state index contributed by atoms with van der Waals surface area (Å²) in [6.45, 7) is 8.09. The number of ether oxygens (including phenoxy) is 3. The van der Waals surface area contributed by atoms with Gasteiger partial charge in [-0.2, -0.15) is 13.2 Å². The summed E-state index contributed by atoms with van der Waals surface area (Å²) in [6.07, 6.45) is -5.34. The number of Topliss-reactive ketones (excluding diaryl/α,β-unsaturated/α-hetero) is 1. The first-order valence-corrected chi connectivity index (χ1v) is 12.9. The van der Waals surface area contributed by atoms with Gasteiger partial charge in [-0.1, -0.05) is 20.4 Å². The average molecular weight is 535 g/mol. The highest BCUT2D eigenvalue weighted by Crippen LogP contribution is 2.71. The molecule has 38 heavy (non-hydrogen) atoms. The Labute approximate surface area is 217 Å². The van der Waals surface area contributed by atoms with E-state index in [0.717, 1.165) is 24.3 Å². The fraction of sp³-hybridized carbons (Fsp3) is 0.607. The van der Waals surface area contributed by atoms with Crippen molar-refractivity contribution in [2.45, 2.75) is 64.2 Å². The number of rotatable bonds is 2. The van der Waals surface area contributed by atoms with Crippen LogP contribution < -0.4 is 0 Å². The lowest BCUT2D eigenvalue weighted by Crippen LogP contribution is -2.71. The normalized spacial score (nSPS) is 41.2. The van der Waals surface area contributed by atoms with Crippen molar-refractivity contribution >= 4 is 17.7 Å². The highest BCUT2D eigenvalue weighted by atomic mass is 19.4. The van der Waals surface area contributed by atoms with Crippen molar-refractivity contribution in [1.82, 2.24) is 0 Å². The van der Waals surface area contributed by atoms with E-state index >= 15 is 0 Å². The third-order valence-corrected chi connectivity index (χ3v) is 10.0. The molecule has 7 nitrogen and oxygen atoms in total. The molecule has 2 heterocycles. The molecular formula is C28H29F3O7. The van der Waals surface area contributed by atoms with Gasteiger partial charge in [0.05, 0.1) is 17.7 Å². The van der Waals surface area contributed by atoms with Crippen LogP contribution >= 0.6 is 0 Å². The SMILES string of the molecule is C=C1C(=O)[C@@]23C(=O)O[C@H]4CCC(C)(C)[C@H]5[C@H](O)OC[C@@]45[C@@H]2CC[C@@H]1[C@H]3OC(=O)c1ccc(C(F)(F)F)cc1. The fourth-order valence-corrected chi connectivity index (χ4v) is 8.47. The zero-order chi connectivity index (χ0) is 27.4. The van der Waals surface area contributed by atoms with Crippen LogP contribution in [-0.2, 0) is 30.0 Å². The van der Waals surface area contributed by atoms with E-state index < -0.39 is 76.5 Å². The summed E-state index contributed by atoms with van der Waals surface area (Å²) in [7, 11) is 0. The summed E-state index contributed by atoms with van der Waals surface area (Å²) in [6, 6.07) is 3.58. The van der Waals surface area contributed by atoms with Crippen LogP contribution in [0.2, 0.25) is 0 Å². The van der Waals surface area contributed by atoms with Crippen molar-refractivity contribution in [3.63, 3.8) is 0 Å². The molecule has 3 saturated carbocycles. The molecule has 2 spiro atoms. The monoisotopic (exact) mass is 534 g/mol. The molecule has 0 aromatic heterocycles. The third-order valence-electron chi connectivity index (χ3n) is 10.0. The van der Waals surface area contributed by atoms with Crippen molar-refractivity contribution in [1.29, 1.82) is 0 Å². The molecule has 8 atom stereocenters. The highest BCUT2D eigenvalue weighted by molar-refractivity contribution is 6.16. The third kappa shape index (κ3) is 3.07. The summed E-state index contributed by atoms with van der Waals surface area (Å²) in [5.74, 6) is -3.91. The maximum atomic E-state index is 13.9. The van der Waals surface area contributed by atoms with Gasteiger partial charge >= 0.3 is 18.1 Å². The molecule has 1 aromatic rings. The Morgan fingerprint density at radius 3 is 2.47 bits per heavy atom. The first kappa shape index (κ1) is 25.6. The van der Waals surface area contributed by atoms with Gasteiger partial charge in [-0.15, -0.1) is 0 Å². The Morgan fingerprint density at radius 1 is 1.13 bits per heavy atom. The molecule has 1 aromatic carbocycles. The second-order valence-corrected chi connectivity index (χ2v) is 12.1. The Hall–Kier alpha value is -2.72. The standard InChI is InChI=1S/C28H29F3O7/c1-13-16-8-9-17-26-12-36-23(34)19(26)25(2,3)11-10-18(26)37-24(35)27(17,20(13)32)21(16)38-22(33)14-4-6-15(7-5-14)28(29,30)31/h4-7,16-19,21,23,34H,1,8-12H2,2-3H3/t16-,17-,18-,19+,21+,23+,26+,27-/m0/s1. The molecule has 3 aliphatic carbocycles. The molecule has 10 heteroatoms. The highest BCUT2D eigenvalue weighted by Gasteiger charge is 2.81. The van der Waals surface area contributed by atoms with Crippen LogP contribution in [0.15, 0.2) is 36.4 Å². The van der Waals surface area contributed by atoms with Gasteiger partial charge in [0.25, 0.3) is 0 Å². The Bertz CT molecular complexity index is 1240. The molecule has 0 radical (unpaired) electrons. The van der Waals surface area contributed by atoms with Gasteiger partial charge in [-0.25, -0.2) is 4.79 Å². The number of fused-ring (bicyclic) bond motifs is 1. The maximum absolute atomic E-state index is 13.9. The average Bonchev–Trinajstić information content (AvgIpc) is 3.27. The number of halogens is 3. The van der Waals surface area contributed by atoms with E-state index in [1.54, 1.807) is 0 Å². The van der Waals surface area contributed by atoms with E-state index in [2.05, 4.69) is 6.58 Å². The van der Waals surface area contributed by atoms with Gasteiger partial charge in [0, 0.05) is 17.3 Å². The zero-order valence-electron chi connectivity index (χ0n) is 21.0. The summed E-state index contributed by atoms with van der Waals surface area (Å²) in [5.41, 5.74) is -3.96. The number of hydrogen-bond acceptors (Lipinski definition) is 7. The van der Waals surface area contributed by atoms with Gasteiger partial charge in [0.15, 0.2) is 17.5 Å². The molecule has 2 bridgehead atoms. The fourth-order valence-electron chi connectivity index (χ4n) is 8.47. The van der Waals surface area contributed by atoms with Crippen LogP contribution in [0.25, 0.3) is 0 Å². The predicted octanol–water partition coefficient (Wildman–Crippen LogP) is 4.08. The first-order chi connectivity index (χ1) is 17.8. The molecule has 0 unspecified atom stereocenters. The van der Waals surface area contributed by atoms with Crippen LogP contribution in [-0.4, -0.2) is 47.9 Å². The van der Waals surface area contributed by atoms with Crippen LogP contribution in [0, 0.1) is 34.0 Å². The largest absolute Gasteiger partial charge is 0.461 e. The van der Waals surface area contributed by atoms with E-state index in [1.807, 2.05) is 13.8 Å². The number of ketones is 1. The predicted molar refractivity (Wildman–Crippen MR) is 124 cm³/mol. The lowest BCUT2D eigenvalue weighted by atomic mass is 9.43. The van der Waals surface area contributed by atoms with Crippen molar-refractivity contribution in [3.8, 4) is 0 Å². The molecule has 0 amide bonds. The minimum Gasteiger partial charge on any atom is -0.461 e. The summed E-state index contributed by atoms with van der Waals surface area (Å²) >= 11 is 0. The lowest BCUT2D eigenvalue weighted by Gasteiger charge is -2.62. The first-order valence-electron chi connectivity index (χ1n) is 12.9. The summed E-state index contributed by atoms with van der Waals surface area (Å²) in [5, 5.41) is 10.9. The van der Waals surface area contributed by atoms with Gasteiger partial charge in [0.2, 0.25) is 0 Å². The van der Waals surface area contributed by atoms with E-state index in [4.69, 9.17) is 14.2 Å². The van der Waals surface area contributed by atoms with Crippen LogP contribution in [0.5, 0.6) is 0 Å². The van der Waals surface area contributed by atoms with E-state index in [0.29, 0.717) is 25.7 Å². The van der Waals surface area contributed by atoms with Gasteiger partial charge in [0.1, 0.15) is 12.2 Å². The molecular weight excluding hydrogens is 505 g/mol. The second-order valence-electron chi connectivity index (χ2n) is 12.1. The molecule has 5 aliphatic rings. The van der Waals surface area contributed by atoms with Crippen LogP contribution in [0.4, 0.5) is 13.2 Å². The van der Waals surface area contributed by atoms with Gasteiger partial charge in [-0.05, 0) is 66.9 Å². The molecule has 2 saturated heterocycles. The van der Waals surface area contributed by atoms with Crippen molar-refractivity contribution in [3.05, 3.63) is 47.5 Å². The maximum Gasteiger partial charge on any atom is 0.416 e. The Kier molecular flexibility index (Phi) is 5.32. The van der Waals surface area contributed by atoms with E-state index in [9.17, 15) is 32.7 Å². The zero-order valence-corrected chi connectivity index (χ0v) is 21.0. The van der Waals surface area contributed by atoms with Crippen molar-refractivity contribution in [2.75, 3.05) is 6.61 Å². The van der Waals surface area contributed by atoms with Crippen LogP contribution in [0.1, 0.15) is 55.5 Å². The number of esters is 2. The molecule has 6 rings (SSSR count). The minimum atomic E-state index is -4.57. The van der Waals surface area contributed by atoms with Crippen LogP contribution in [0.3, 0.4) is 0 Å². The smallest absolute Gasteiger partial charge is 0.416 e. The Balaban J connectivity index is 1.42. The summed E-state index contributed by atoms with van der Waals surface area (Å²) < 4.78 is 56.7. The molecule has 5 fully saturated rings. The second kappa shape index (κ2) is 7.91. The number of aliphatic hydroxyl groups is 1. The number of alkyl halides is 3. The van der Waals surface area contributed by atoms with Crippen molar-refractivity contribution in [2.24, 2.45) is 34.0 Å². The summed E-state index contributed by atoms with van der Waals surface area (Å²) in [4.78, 5) is 40.9. The Morgan fingerprint density at radius 2 is 1.82 bits per heavy atom. The lowest BCUT2D eigenvalue weighted by molar-refractivity contribution is -0.249. The number of aliphatic hydroxyl groups excluding tert-OH is 1.